The minimum absolute atomic E-state index is 0.0609. The van der Waals surface area contributed by atoms with Gasteiger partial charge in [0.2, 0.25) is 0 Å². The average molecular weight is 196 g/mol. The summed E-state index contributed by atoms with van der Waals surface area (Å²) in [5, 5.41) is 0. The van der Waals surface area contributed by atoms with Gasteiger partial charge in [-0.3, -0.25) is 4.79 Å². The molecule has 0 aromatic rings. The molecule has 0 saturated heterocycles. The van der Waals surface area contributed by atoms with Crippen molar-refractivity contribution in [1.29, 1.82) is 0 Å². The predicted octanol–water partition coefficient (Wildman–Crippen LogP) is 3.07. The first-order chi connectivity index (χ1) is 6.76. The molecular formula is C12H20O2. The molecule has 0 radical (unpaired) electrons. The second-order valence-corrected chi connectivity index (χ2v) is 4.02. The van der Waals surface area contributed by atoms with Gasteiger partial charge in [-0.25, -0.2) is 0 Å². The van der Waals surface area contributed by atoms with Gasteiger partial charge in [0, 0.05) is 6.42 Å². The smallest absolute Gasteiger partial charge is 0.305 e. The van der Waals surface area contributed by atoms with Gasteiger partial charge in [-0.1, -0.05) is 13.0 Å². The van der Waals surface area contributed by atoms with Crippen molar-refractivity contribution in [3.05, 3.63) is 12.7 Å². The second kappa shape index (κ2) is 5.84. The Kier molecular flexibility index (Phi) is 4.71. The number of ether oxygens (including phenoxy) is 1. The Bertz CT molecular complexity index is 198. The lowest BCUT2D eigenvalue weighted by molar-refractivity contribution is -0.150. The van der Waals surface area contributed by atoms with Crippen LogP contribution in [0.3, 0.4) is 0 Å². The molecule has 1 rings (SSSR count). The number of hydrogen-bond donors (Lipinski definition) is 0. The summed E-state index contributed by atoms with van der Waals surface area (Å²) in [5.41, 5.74) is 0. The highest BCUT2D eigenvalue weighted by Gasteiger charge is 2.23. The lowest BCUT2D eigenvalue weighted by Crippen LogP contribution is -2.25. The van der Waals surface area contributed by atoms with E-state index < -0.39 is 0 Å². The van der Waals surface area contributed by atoms with Crippen molar-refractivity contribution >= 4 is 5.97 Å². The normalized spacial score (nSPS) is 26.9. The molecule has 1 aliphatic carbocycles. The number of allylic oxidation sites excluding steroid dienone is 1. The summed E-state index contributed by atoms with van der Waals surface area (Å²) in [6.07, 6.45) is 8.18. The maximum atomic E-state index is 11.1. The minimum atomic E-state index is -0.0609. The van der Waals surface area contributed by atoms with E-state index in [4.69, 9.17) is 4.74 Å². The zero-order valence-electron chi connectivity index (χ0n) is 9.00. The van der Waals surface area contributed by atoms with Gasteiger partial charge in [-0.05, 0) is 38.0 Å². The van der Waals surface area contributed by atoms with Gasteiger partial charge in [0.25, 0.3) is 0 Å². The van der Waals surface area contributed by atoms with Crippen molar-refractivity contribution in [2.24, 2.45) is 5.92 Å². The third-order valence-electron chi connectivity index (χ3n) is 2.82. The Morgan fingerprint density at radius 1 is 1.57 bits per heavy atom. The molecule has 2 atom stereocenters. The van der Waals surface area contributed by atoms with Crippen LogP contribution in [0.25, 0.3) is 0 Å². The molecule has 0 amide bonds. The van der Waals surface area contributed by atoms with Crippen LogP contribution in [0.5, 0.6) is 0 Å². The standard InChI is InChI=1S/C12H20O2/c1-3-6-10-7-5-8-11(9-10)14-12(13)4-2/h3,10-11H,1,4-9H2,2H3. The van der Waals surface area contributed by atoms with E-state index >= 15 is 0 Å². The van der Waals surface area contributed by atoms with Crippen LogP contribution in [0.4, 0.5) is 0 Å². The van der Waals surface area contributed by atoms with Gasteiger partial charge >= 0.3 is 5.97 Å². The summed E-state index contributed by atoms with van der Waals surface area (Å²) < 4.78 is 5.34. The van der Waals surface area contributed by atoms with Crippen molar-refractivity contribution in [2.75, 3.05) is 0 Å². The van der Waals surface area contributed by atoms with Gasteiger partial charge in [0.05, 0.1) is 0 Å². The van der Waals surface area contributed by atoms with Gasteiger partial charge in [0.1, 0.15) is 6.10 Å². The van der Waals surface area contributed by atoms with Crippen molar-refractivity contribution in [3.8, 4) is 0 Å². The van der Waals surface area contributed by atoms with Crippen molar-refractivity contribution in [1.82, 2.24) is 0 Å². The van der Waals surface area contributed by atoms with Crippen LogP contribution in [0.15, 0.2) is 12.7 Å². The van der Waals surface area contributed by atoms with E-state index in [1.807, 2.05) is 13.0 Å². The van der Waals surface area contributed by atoms with E-state index in [2.05, 4.69) is 6.58 Å². The summed E-state index contributed by atoms with van der Waals surface area (Å²) in [7, 11) is 0. The largest absolute Gasteiger partial charge is 0.462 e. The van der Waals surface area contributed by atoms with E-state index in [0.717, 1.165) is 19.3 Å². The molecule has 0 heterocycles. The van der Waals surface area contributed by atoms with E-state index in [9.17, 15) is 4.79 Å². The van der Waals surface area contributed by atoms with Crippen LogP contribution >= 0.6 is 0 Å². The van der Waals surface area contributed by atoms with Crippen LogP contribution < -0.4 is 0 Å². The van der Waals surface area contributed by atoms with Crippen LogP contribution in [-0.2, 0) is 9.53 Å². The third kappa shape index (κ3) is 3.52. The highest BCUT2D eigenvalue weighted by molar-refractivity contribution is 5.69. The van der Waals surface area contributed by atoms with Crippen molar-refractivity contribution in [2.45, 2.75) is 51.6 Å². The fourth-order valence-electron chi connectivity index (χ4n) is 2.07. The Labute approximate surface area is 86.3 Å². The molecule has 0 spiro atoms. The number of carbonyl (C=O) groups excluding carboxylic acids is 1. The maximum Gasteiger partial charge on any atom is 0.305 e. The molecule has 14 heavy (non-hydrogen) atoms. The first-order valence-electron chi connectivity index (χ1n) is 5.56. The van der Waals surface area contributed by atoms with Gasteiger partial charge in [0.15, 0.2) is 0 Å². The molecule has 0 aromatic carbocycles. The lowest BCUT2D eigenvalue weighted by atomic mass is 9.85. The number of rotatable bonds is 4. The van der Waals surface area contributed by atoms with E-state index in [1.165, 1.54) is 12.8 Å². The monoisotopic (exact) mass is 196 g/mol. The summed E-state index contributed by atoms with van der Waals surface area (Å²) in [4.78, 5) is 11.1. The molecule has 2 heteroatoms. The van der Waals surface area contributed by atoms with Crippen LogP contribution in [0.2, 0.25) is 0 Å². The predicted molar refractivity (Wildman–Crippen MR) is 56.9 cm³/mol. The molecule has 0 N–H and O–H groups in total. The fraction of sp³-hybridized carbons (Fsp3) is 0.750. The molecule has 80 valence electrons. The fourth-order valence-corrected chi connectivity index (χ4v) is 2.07. The summed E-state index contributed by atoms with van der Waals surface area (Å²) >= 11 is 0. The van der Waals surface area contributed by atoms with Crippen molar-refractivity contribution < 1.29 is 9.53 Å². The molecule has 2 unspecified atom stereocenters. The van der Waals surface area contributed by atoms with Crippen molar-refractivity contribution in [3.63, 3.8) is 0 Å². The molecular weight excluding hydrogens is 176 g/mol. The number of carbonyl (C=O) groups is 1. The first kappa shape index (κ1) is 11.3. The van der Waals surface area contributed by atoms with E-state index in [-0.39, 0.29) is 12.1 Å². The molecule has 0 bridgehead atoms. The zero-order valence-corrected chi connectivity index (χ0v) is 9.00. The Hall–Kier alpha value is -0.790. The average Bonchev–Trinajstić information content (AvgIpc) is 2.19. The molecule has 1 fully saturated rings. The summed E-state index contributed by atoms with van der Waals surface area (Å²) in [5.74, 6) is 0.616. The van der Waals surface area contributed by atoms with Gasteiger partial charge in [-0.15, -0.1) is 6.58 Å². The minimum Gasteiger partial charge on any atom is -0.462 e. The topological polar surface area (TPSA) is 26.3 Å². The highest BCUT2D eigenvalue weighted by atomic mass is 16.5. The molecule has 0 aromatic heterocycles. The Morgan fingerprint density at radius 2 is 2.36 bits per heavy atom. The Balaban J connectivity index is 2.32. The zero-order chi connectivity index (χ0) is 10.4. The highest BCUT2D eigenvalue weighted by Crippen LogP contribution is 2.28. The van der Waals surface area contributed by atoms with E-state index in [1.54, 1.807) is 0 Å². The molecule has 2 nitrogen and oxygen atoms in total. The quantitative estimate of drug-likeness (QED) is 0.510. The second-order valence-electron chi connectivity index (χ2n) is 4.02. The first-order valence-corrected chi connectivity index (χ1v) is 5.56. The van der Waals surface area contributed by atoms with Gasteiger partial charge in [-0.2, -0.15) is 0 Å². The van der Waals surface area contributed by atoms with Crippen LogP contribution in [-0.4, -0.2) is 12.1 Å². The Morgan fingerprint density at radius 3 is 3.00 bits per heavy atom. The van der Waals surface area contributed by atoms with Gasteiger partial charge < -0.3 is 4.74 Å². The summed E-state index contributed by atoms with van der Waals surface area (Å²) in [6.45, 7) is 5.59. The maximum absolute atomic E-state index is 11.1. The third-order valence-corrected chi connectivity index (χ3v) is 2.82. The molecule has 1 aliphatic rings. The van der Waals surface area contributed by atoms with Crippen LogP contribution in [0.1, 0.15) is 45.4 Å². The number of hydrogen-bond acceptors (Lipinski definition) is 2. The number of esters is 1. The SMILES string of the molecule is C=CCC1CCCC(OC(=O)CC)C1. The summed E-state index contributed by atoms with van der Waals surface area (Å²) in [6, 6.07) is 0. The lowest BCUT2D eigenvalue weighted by Gasteiger charge is -2.28. The molecule has 0 aliphatic heterocycles. The molecule has 1 saturated carbocycles. The van der Waals surface area contributed by atoms with E-state index in [0.29, 0.717) is 12.3 Å². The van der Waals surface area contributed by atoms with Crippen LogP contribution in [0, 0.1) is 5.92 Å².